The van der Waals surface area contributed by atoms with E-state index in [1.54, 1.807) is 60.5 Å². The molecule has 32 heavy (non-hydrogen) atoms. The van der Waals surface area contributed by atoms with Crippen molar-refractivity contribution < 1.29 is 14.3 Å². The summed E-state index contributed by atoms with van der Waals surface area (Å²) in [5.41, 5.74) is 2.40. The molecule has 2 amide bonds. The van der Waals surface area contributed by atoms with Crippen molar-refractivity contribution in [1.82, 2.24) is 4.90 Å². The lowest BCUT2D eigenvalue weighted by Crippen LogP contribution is -2.46. The number of carbonyl (C=O) groups excluding carboxylic acids is 2. The quantitative estimate of drug-likeness (QED) is 0.581. The van der Waals surface area contributed by atoms with E-state index in [1.807, 2.05) is 18.2 Å². The minimum Gasteiger partial charge on any atom is -0.497 e. The second-order valence-corrected chi connectivity index (χ2v) is 8.41. The molecule has 0 aromatic heterocycles. The van der Waals surface area contributed by atoms with E-state index in [0.29, 0.717) is 41.5 Å². The van der Waals surface area contributed by atoms with Gasteiger partial charge >= 0.3 is 0 Å². The molecule has 2 unspecified atom stereocenters. The predicted molar refractivity (Wildman–Crippen MR) is 126 cm³/mol. The van der Waals surface area contributed by atoms with E-state index in [0.717, 1.165) is 5.56 Å². The highest BCUT2D eigenvalue weighted by Crippen LogP contribution is 2.32. The van der Waals surface area contributed by atoms with E-state index < -0.39 is 0 Å². The second kappa shape index (κ2) is 9.88. The van der Waals surface area contributed by atoms with E-state index in [1.165, 1.54) is 0 Å². The Balaban J connectivity index is 1.56. The molecular formula is C26H25ClN2O3. The van der Waals surface area contributed by atoms with Crippen LogP contribution in [0.15, 0.2) is 78.9 Å². The van der Waals surface area contributed by atoms with Crippen molar-refractivity contribution in [3.63, 3.8) is 0 Å². The molecule has 2 atom stereocenters. The summed E-state index contributed by atoms with van der Waals surface area (Å²) in [5.74, 6) is 0.264. The van der Waals surface area contributed by atoms with Crippen LogP contribution in [-0.4, -0.2) is 36.9 Å². The van der Waals surface area contributed by atoms with Gasteiger partial charge in [-0.05, 0) is 60.5 Å². The van der Waals surface area contributed by atoms with Gasteiger partial charge in [-0.25, -0.2) is 0 Å². The van der Waals surface area contributed by atoms with Gasteiger partial charge in [0.05, 0.1) is 13.0 Å². The SMILES string of the molecule is COc1ccc(C(=O)N2CC(C(=O)Nc3ccc(Cl)cc3)CC(c3ccccc3)C2)cc1. The van der Waals surface area contributed by atoms with Gasteiger partial charge in [0.25, 0.3) is 5.91 Å². The third-order valence-corrected chi connectivity index (χ3v) is 6.08. The highest BCUT2D eigenvalue weighted by Gasteiger charge is 2.35. The first-order valence-electron chi connectivity index (χ1n) is 10.6. The van der Waals surface area contributed by atoms with Crippen LogP contribution < -0.4 is 10.1 Å². The van der Waals surface area contributed by atoms with Gasteiger partial charge in [0.1, 0.15) is 5.75 Å². The van der Waals surface area contributed by atoms with Gasteiger partial charge in [-0.3, -0.25) is 9.59 Å². The van der Waals surface area contributed by atoms with E-state index >= 15 is 0 Å². The number of nitrogens with zero attached hydrogens (tertiary/aromatic N) is 1. The lowest BCUT2D eigenvalue weighted by molar-refractivity contribution is -0.121. The fraction of sp³-hybridized carbons (Fsp3) is 0.231. The maximum absolute atomic E-state index is 13.3. The normalized spacial score (nSPS) is 18.1. The summed E-state index contributed by atoms with van der Waals surface area (Å²) in [6.45, 7) is 0.938. The Labute approximate surface area is 193 Å². The van der Waals surface area contributed by atoms with Gasteiger partial charge in [0.15, 0.2) is 0 Å². The number of likely N-dealkylation sites (tertiary alicyclic amines) is 1. The van der Waals surface area contributed by atoms with Crippen LogP contribution in [0.1, 0.15) is 28.3 Å². The standard InChI is InChI=1S/C26H25ClN2O3/c1-32-24-13-7-19(8-14-24)26(31)29-16-20(18-5-3-2-4-6-18)15-21(17-29)25(30)28-23-11-9-22(27)10-12-23/h2-14,20-21H,15-17H2,1H3,(H,28,30). The Kier molecular flexibility index (Phi) is 6.76. The van der Waals surface area contributed by atoms with Crippen LogP contribution in [-0.2, 0) is 4.79 Å². The van der Waals surface area contributed by atoms with E-state index in [2.05, 4.69) is 17.4 Å². The zero-order valence-corrected chi connectivity index (χ0v) is 18.6. The van der Waals surface area contributed by atoms with E-state index in [4.69, 9.17) is 16.3 Å². The summed E-state index contributed by atoms with van der Waals surface area (Å²) in [7, 11) is 1.59. The zero-order chi connectivity index (χ0) is 22.5. The summed E-state index contributed by atoms with van der Waals surface area (Å²) in [6.07, 6.45) is 0.676. The highest BCUT2D eigenvalue weighted by atomic mass is 35.5. The molecule has 164 valence electrons. The molecule has 0 bridgehead atoms. The summed E-state index contributed by atoms with van der Waals surface area (Å²) >= 11 is 5.95. The van der Waals surface area contributed by atoms with Gasteiger partial charge in [-0.1, -0.05) is 41.9 Å². The number of halogens is 1. The molecule has 1 fully saturated rings. The van der Waals surface area contributed by atoms with Crippen LogP contribution in [0.2, 0.25) is 5.02 Å². The van der Waals surface area contributed by atoms with Crippen LogP contribution in [0.25, 0.3) is 0 Å². The molecule has 1 saturated heterocycles. The Hall–Kier alpha value is -3.31. The molecule has 1 heterocycles. The number of anilines is 1. The minimum absolute atomic E-state index is 0.0770. The lowest BCUT2D eigenvalue weighted by Gasteiger charge is -2.37. The van der Waals surface area contributed by atoms with Crippen LogP contribution in [0.3, 0.4) is 0 Å². The maximum atomic E-state index is 13.3. The fourth-order valence-electron chi connectivity index (χ4n) is 4.12. The first kappa shape index (κ1) is 21.9. The van der Waals surface area contributed by atoms with Crippen molar-refractivity contribution in [2.75, 3.05) is 25.5 Å². The number of methoxy groups -OCH3 is 1. The fourth-order valence-corrected chi connectivity index (χ4v) is 4.24. The van der Waals surface area contributed by atoms with Gasteiger partial charge < -0.3 is 15.0 Å². The monoisotopic (exact) mass is 448 g/mol. The Morgan fingerprint density at radius 3 is 2.28 bits per heavy atom. The van der Waals surface area contributed by atoms with Crippen LogP contribution in [0.4, 0.5) is 5.69 Å². The Morgan fingerprint density at radius 1 is 0.938 bits per heavy atom. The molecule has 0 spiro atoms. The van der Waals surface area contributed by atoms with Crippen molar-refractivity contribution in [1.29, 1.82) is 0 Å². The third kappa shape index (κ3) is 5.11. The molecule has 1 aliphatic heterocycles. The van der Waals surface area contributed by atoms with Gasteiger partial charge in [0.2, 0.25) is 5.91 Å². The summed E-state index contributed by atoms with van der Waals surface area (Å²) in [4.78, 5) is 28.2. The van der Waals surface area contributed by atoms with E-state index in [9.17, 15) is 9.59 Å². The number of amides is 2. The molecular weight excluding hydrogens is 424 g/mol. The third-order valence-electron chi connectivity index (χ3n) is 5.83. The van der Waals surface area contributed by atoms with Crippen molar-refractivity contribution in [2.24, 2.45) is 5.92 Å². The lowest BCUT2D eigenvalue weighted by atomic mass is 9.83. The number of nitrogens with one attached hydrogen (secondary N) is 1. The zero-order valence-electron chi connectivity index (χ0n) is 17.8. The van der Waals surface area contributed by atoms with Crippen LogP contribution in [0, 0.1) is 5.92 Å². The van der Waals surface area contributed by atoms with Crippen molar-refractivity contribution >= 4 is 29.1 Å². The average molecular weight is 449 g/mol. The first-order chi connectivity index (χ1) is 15.5. The van der Waals surface area contributed by atoms with Gasteiger partial charge in [0, 0.05) is 35.3 Å². The highest BCUT2D eigenvalue weighted by molar-refractivity contribution is 6.30. The molecule has 3 aromatic carbocycles. The van der Waals surface area contributed by atoms with E-state index in [-0.39, 0.29) is 23.7 Å². The number of ether oxygens (including phenoxy) is 1. The molecule has 5 nitrogen and oxygen atoms in total. The molecule has 6 heteroatoms. The van der Waals surface area contributed by atoms with Crippen LogP contribution >= 0.6 is 11.6 Å². The molecule has 0 saturated carbocycles. The predicted octanol–water partition coefficient (Wildman–Crippen LogP) is 5.23. The first-order valence-corrected chi connectivity index (χ1v) is 11.0. The number of hydrogen-bond donors (Lipinski definition) is 1. The smallest absolute Gasteiger partial charge is 0.253 e. The second-order valence-electron chi connectivity index (χ2n) is 7.98. The van der Waals surface area contributed by atoms with Crippen LogP contribution in [0.5, 0.6) is 5.75 Å². The molecule has 0 radical (unpaired) electrons. The average Bonchev–Trinajstić information content (AvgIpc) is 2.85. The number of benzene rings is 3. The molecule has 4 rings (SSSR count). The summed E-state index contributed by atoms with van der Waals surface area (Å²) in [5, 5.41) is 3.59. The Bertz CT molecular complexity index is 1070. The van der Waals surface area contributed by atoms with Gasteiger partial charge in [-0.2, -0.15) is 0 Å². The largest absolute Gasteiger partial charge is 0.497 e. The minimum atomic E-state index is -0.327. The van der Waals surface area contributed by atoms with Crippen molar-refractivity contribution in [3.05, 3.63) is 95.0 Å². The molecule has 0 aliphatic carbocycles. The molecule has 3 aromatic rings. The Morgan fingerprint density at radius 2 is 1.62 bits per heavy atom. The number of rotatable bonds is 5. The molecule has 1 aliphatic rings. The number of carbonyl (C=O) groups is 2. The topological polar surface area (TPSA) is 58.6 Å². The molecule has 1 N–H and O–H groups in total. The number of piperidine rings is 1. The summed E-state index contributed by atoms with van der Waals surface area (Å²) < 4.78 is 5.20. The summed E-state index contributed by atoms with van der Waals surface area (Å²) in [6, 6.07) is 24.2. The maximum Gasteiger partial charge on any atom is 0.253 e. The number of hydrogen-bond acceptors (Lipinski definition) is 3. The van der Waals surface area contributed by atoms with Crippen molar-refractivity contribution in [2.45, 2.75) is 12.3 Å². The van der Waals surface area contributed by atoms with Crippen molar-refractivity contribution in [3.8, 4) is 5.75 Å². The van der Waals surface area contributed by atoms with Gasteiger partial charge in [-0.15, -0.1) is 0 Å².